The van der Waals surface area contributed by atoms with Gasteiger partial charge in [0.25, 0.3) is 5.91 Å². The summed E-state index contributed by atoms with van der Waals surface area (Å²) in [5.41, 5.74) is 2.81. The molecule has 4 heteroatoms. The zero-order valence-electron chi connectivity index (χ0n) is 11.6. The molecule has 1 aliphatic carbocycles. The Morgan fingerprint density at radius 1 is 1.29 bits per heavy atom. The Morgan fingerprint density at radius 2 is 2.05 bits per heavy atom. The van der Waals surface area contributed by atoms with Crippen molar-refractivity contribution in [2.45, 2.75) is 25.5 Å². The van der Waals surface area contributed by atoms with Crippen molar-refractivity contribution in [3.05, 3.63) is 70.5 Å². The Labute approximate surface area is 122 Å². The third-order valence-electron chi connectivity index (χ3n) is 3.91. The number of hydrogen-bond donors (Lipinski definition) is 2. The predicted molar refractivity (Wildman–Crippen MR) is 77.5 cm³/mol. The van der Waals surface area contributed by atoms with E-state index < -0.39 is 12.1 Å². The van der Waals surface area contributed by atoms with Crippen LogP contribution < -0.4 is 5.32 Å². The summed E-state index contributed by atoms with van der Waals surface area (Å²) in [6.07, 6.45) is -0.100. The van der Waals surface area contributed by atoms with E-state index in [1.54, 1.807) is 6.92 Å². The lowest BCUT2D eigenvalue weighted by Gasteiger charge is -2.18. The molecule has 0 saturated heterocycles. The maximum atomic E-state index is 13.3. The molecule has 2 aromatic rings. The lowest BCUT2D eigenvalue weighted by molar-refractivity contribution is 0.0858. The second kappa shape index (κ2) is 5.30. The first-order valence-electron chi connectivity index (χ1n) is 6.89. The number of rotatable bonds is 2. The maximum Gasteiger partial charge on any atom is 0.251 e. The molecule has 108 valence electrons. The SMILES string of the molecule is Cc1cc(C(=O)N[C@@H]2c3ccccc3C[C@@H]2O)ccc1F. The molecule has 0 bridgehead atoms. The molecule has 0 saturated carbocycles. The minimum absolute atomic E-state index is 0.307. The highest BCUT2D eigenvalue weighted by atomic mass is 19.1. The van der Waals surface area contributed by atoms with Crippen LogP contribution in [0.2, 0.25) is 0 Å². The number of carbonyl (C=O) groups excluding carboxylic acids is 1. The van der Waals surface area contributed by atoms with Gasteiger partial charge in [-0.2, -0.15) is 0 Å². The normalized spacial score (nSPS) is 20.1. The van der Waals surface area contributed by atoms with Gasteiger partial charge in [-0.25, -0.2) is 4.39 Å². The smallest absolute Gasteiger partial charge is 0.251 e. The lowest BCUT2D eigenvalue weighted by Crippen LogP contribution is -2.33. The van der Waals surface area contributed by atoms with Crippen LogP contribution in [0.25, 0.3) is 0 Å². The van der Waals surface area contributed by atoms with Gasteiger partial charge in [-0.3, -0.25) is 4.79 Å². The van der Waals surface area contributed by atoms with Crippen LogP contribution in [0.4, 0.5) is 4.39 Å². The van der Waals surface area contributed by atoms with Crippen LogP contribution in [0.1, 0.15) is 33.1 Å². The molecule has 2 N–H and O–H groups in total. The summed E-state index contributed by atoms with van der Waals surface area (Å²) in [4.78, 5) is 12.3. The van der Waals surface area contributed by atoms with Gasteiger partial charge in [0, 0.05) is 12.0 Å². The number of carbonyl (C=O) groups is 1. The molecule has 1 amide bonds. The number of aliphatic hydroxyl groups is 1. The average molecular weight is 285 g/mol. The Balaban J connectivity index is 1.83. The zero-order valence-corrected chi connectivity index (χ0v) is 11.6. The molecule has 0 radical (unpaired) electrons. The Hall–Kier alpha value is -2.20. The number of halogens is 1. The molecule has 3 rings (SSSR count). The van der Waals surface area contributed by atoms with Crippen LogP contribution >= 0.6 is 0 Å². The van der Waals surface area contributed by atoms with Crippen molar-refractivity contribution in [1.82, 2.24) is 5.32 Å². The van der Waals surface area contributed by atoms with E-state index in [4.69, 9.17) is 0 Å². The molecule has 3 nitrogen and oxygen atoms in total. The van der Waals surface area contributed by atoms with E-state index in [9.17, 15) is 14.3 Å². The average Bonchev–Trinajstić information content (AvgIpc) is 2.78. The van der Waals surface area contributed by atoms with Crippen molar-refractivity contribution in [2.24, 2.45) is 0 Å². The molecule has 0 aliphatic heterocycles. The first-order chi connectivity index (χ1) is 10.1. The van der Waals surface area contributed by atoms with Crippen LogP contribution in [0.3, 0.4) is 0 Å². The molecular weight excluding hydrogens is 269 g/mol. The second-order valence-corrected chi connectivity index (χ2v) is 5.39. The van der Waals surface area contributed by atoms with E-state index in [1.807, 2.05) is 24.3 Å². The number of aryl methyl sites for hydroxylation is 1. The highest BCUT2D eigenvalue weighted by Crippen LogP contribution is 2.31. The third-order valence-corrected chi connectivity index (χ3v) is 3.91. The largest absolute Gasteiger partial charge is 0.390 e. The minimum atomic E-state index is -0.632. The molecule has 0 spiro atoms. The van der Waals surface area contributed by atoms with Crippen LogP contribution in [0.15, 0.2) is 42.5 Å². The van der Waals surface area contributed by atoms with E-state index in [1.165, 1.54) is 18.2 Å². The molecule has 1 aliphatic rings. The fourth-order valence-electron chi connectivity index (χ4n) is 2.76. The fourth-order valence-corrected chi connectivity index (χ4v) is 2.76. The van der Waals surface area contributed by atoms with Crippen molar-refractivity contribution < 1.29 is 14.3 Å². The van der Waals surface area contributed by atoms with E-state index >= 15 is 0 Å². The number of aliphatic hydroxyl groups excluding tert-OH is 1. The van der Waals surface area contributed by atoms with Gasteiger partial charge in [-0.15, -0.1) is 0 Å². The topological polar surface area (TPSA) is 49.3 Å². The van der Waals surface area contributed by atoms with Gasteiger partial charge in [0.15, 0.2) is 0 Å². The maximum absolute atomic E-state index is 13.3. The summed E-state index contributed by atoms with van der Waals surface area (Å²) < 4.78 is 13.3. The molecular formula is C17H16FNO2. The summed E-state index contributed by atoms with van der Waals surface area (Å²) in [7, 11) is 0. The second-order valence-electron chi connectivity index (χ2n) is 5.39. The van der Waals surface area contributed by atoms with Gasteiger partial charge < -0.3 is 10.4 Å². The summed E-state index contributed by atoms with van der Waals surface area (Å²) in [6, 6.07) is 11.5. The quantitative estimate of drug-likeness (QED) is 0.890. The molecule has 0 aromatic heterocycles. The summed E-state index contributed by atoms with van der Waals surface area (Å²) in [5.74, 6) is -0.642. The van der Waals surface area contributed by atoms with E-state index in [0.717, 1.165) is 11.1 Å². The number of benzene rings is 2. The van der Waals surface area contributed by atoms with Gasteiger partial charge in [0.05, 0.1) is 12.1 Å². The third kappa shape index (κ3) is 2.54. The molecule has 0 fully saturated rings. The Bertz CT molecular complexity index is 699. The monoisotopic (exact) mass is 285 g/mol. The summed E-state index contributed by atoms with van der Waals surface area (Å²) in [6.45, 7) is 1.62. The highest BCUT2D eigenvalue weighted by molar-refractivity contribution is 5.94. The number of amides is 1. The zero-order chi connectivity index (χ0) is 15.0. The first kappa shape index (κ1) is 13.8. The first-order valence-corrected chi connectivity index (χ1v) is 6.89. The van der Waals surface area contributed by atoms with Gasteiger partial charge in [-0.1, -0.05) is 24.3 Å². The van der Waals surface area contributed by atoms with E-state index in [0.29, 0.717) is 17.5 Å². The number of nitrogens with one attached hydrogen (secondary N) is 1. The van der Waals surface area contributed by atoms with Crippen molar-refractivity contribution in [3.8, 4) is 0 Å². The van der Waals surface area contributed by atoms with Crippen LogP contribution in [-0.2, 0) is 6.42 Å². The van der Waals surface area contributed by atoms with E-state index in [-0.39, 0.29) is 11.7 Å². The number of fused-ring (bicyclic) bond motifs is 1. The fraction of sp³-hybridized carbons (Fsp3) is 0.235. The molecule has 0 heterocycles. The van der Waals surface area contributed by atoms with Crippen molar-refractivity contribution in [3.63, 3.8) is 0 Å². The van der Waals surface area contributed by atoms with Gasteiger partial charge >= 0.3 is 0 Å². The molecule has 21 heavy (non-hydrogen) atoms. The van der Waals surface area contributed by atoms with E-state index in [2.05, 4.69) is 5.32 Å². The standard InChI is InChI=1S/C17H16FNO2/c1-10-8-12(6-7-14(10)18)17(21)19-16-13-5-3-2-4-11(13)9-15(16)20/h2-8,15-16,20H,9H2,1H3,(H,19,21)/t15-,16+/m0/s1. The lowest BCUT2D eigenvalue weighted by atomic mass is 10.1. The van der Waals surface area contributed by atoms with Gasteiger partial charge in [0.1, 0.15) is 5.82 Å². The van der Waals surface area contributed by atoms with Crippen molar-refractivity contribution >= 4 is 5.91 Å². The van der Waals surface area contributed by atoms with Crippen LogP contribution in [0.5, 0.6) is 0 Å². The summed E-state index contributed by atoms with van der Waals surface area (Å²) >= 11 is 0. The van der Waals surface area contributed by atoms with Gasteiger partial charge in [-0.05, 0) is 41.8 Å². The Kier molecular flexibility index (Phi) is 3.47. The van der Waals surface area contributed by atoms with Crippen LogP contribution in [0, 0.1) is 12.7 Å². The Morgan fingerprint density at radius 3 is 2.81 bits per heavy atom. The van der Waals surface area contributed by atoms with Crippen LogP contribution in [-0.4, -0.2) is 17.1 Å². The summed E-state index contributed by atoms with van der Waals surface area (Å²) in [5, 5.41) is 13.0. The molecule has 0 unspecified atom stereocenters. The predicted octanol–water partition coefficient (Wildman–Crippen LogP) is 2.52. The molecule has 2 atom stereocenters. The van der Waals surface area contributed by atoms with Gasteiger partial charge in [0.2, 0.25) is 0 Å². The minimum Gasteiger partial charge on any atom is -0.390 e. The van der Waals surface area contributed by atoms with Crippen molar-refractivity contribution in [1.29, 1.82) is 0 Å². The molecule has 2 aromatic carbocycles. The van der Waals surface area contributed by atoms with Crippen molar-refractivity contribution in [2.75, 3.05) is 0 Å². The highest BCUT2D eigenvalue weighted by Gasteiger charge is 2.32. The number of hydrogen-bond acceptors (Lipinski definition) is 2.